The molecule has 4 heteroatoms. The van der Waals surface area contributed by atoms with E-state index in [1.54, 1.807) is 0 Å². The van der Waals surface area contributed by atoms with Crippen LogP contribution in [0.1, 0.15) is 15.9 Å². The van der Waals surface area contributed by atoms with Gasteiger partial charge in [-0.1, -0.05) is 24.3 Å². The number of nitrogens with two attached hydrogens (primary N) is 1. The molecule has 2 rings (SSSR count). The van der Waals surface area contributed by atoms with Crippen LogP contribution in [-0.4, -0.2) is 55.4 Å². The Balaban J connectivity index is 2.07. The zero-order chi connectivity index (χ0) is 13.0. The second kappa shape index (κ2) is 6.09. The third kappa shape index (κ3) is 3.16. The lowest BCUT2D eigenvalue weighted by Crippen LogP contribution is -2.44. The summed E-state index contributed by atoms with van der Waals surface area (Å²) >= 11 is 0. The molecule has 1 fully saturated rings. The van der Waals surface area contributed by atoms with Gasteiger partial charge in [-0.15, -0.1) is 0 Å². The quantitative estimate of drug-likeness (QED) is 0.791. The largest absolute Gasteiger partial charge is 0.324 e. The summed E-state index contributed by atoms with van der Waals surface area (Å²) in [6.07, 6.45) is 0. The molecule has 0 bridgehead atoms. The van der Waals surface area contributed by atoms with Gasteiger partial charge >= 0.3 is 0 Å². The van der Waals surface area contributed by atoms with Crippen LogP contribution < -0.4 is 5.73 Å². The van der Waals surface area contributed by atoms with E-state index >= 15 is 0 Å². The Morgan fingerprint density at radius 2 is 1.89 bits per heavy atom. The average molecular weight is 247 g/mol. The van der Waals surface area contributed by atoms with Gasteiger partial charge in [0.05, 0.1) is 6.54 Å². The van der Waals surface area contributed by atoms with Gasteiger partial charge < -0.3 is 10.6 Å². The van der Waals surface area contributed by atoms with E-state index in [2.05, 4.69) is 16.8 Å². The van der Waals surface area contributed by atoms with Crippen molar-refractivity contribution in [3.8, 4) is 0 Å². The van der Waals surface area contributed by atoms with Crippen molar-refractivity contribution in [1.82, 2.24) is 9.80 Å². The number of nitrogens with zero attached hydrogens (tertiary/aromatic N) is 2. The van der Waals surface area contributed by atoms with E-state index in [1.807, 2.05) is 24.3 Å². The molecule has 1 saturated heterocycles. The molecule has 1 aliphatic rings. The van der Waals surface area contributed by atoms with Gasteiger partial charge in [-0.05, 0) is 12.6 Å². The molecule has 98 valence electrons. The fraction of sp³-hybridized carbons (Fsp3) is 0.500. The van der Waals surface area contributed by atoms with E-state index in [1.165, 1.54) is 0 Å². The molecule has 1 heterocycles. The minimum Gasteiger partial charge on any atom is -0.324 e. The summed E-state index contributed by atoms with van der Waals surface area (Å²) in [5.74, 6) is 0.0275. The predicted molar refractivity (Wildman–Crippen MR) is 72.6 cm³/mol. The van der Waals surface area contributed by atoms with Gasteiger partial charge in [-0.25, -0.2) is 0 Å². The Kier molecular flexibility index (Phi) is 4.47. The third-order valence-electron chi connectivity index (χ3n) is 3.49. The van der Waals surface area contributed by atoms with E-state index in [0.717, 1.165) is 43.9 Å². The minimum atomic E-state index is 0.0275. The highest BCUT2D eigenvalue weighted by molar-refractivity contribution is 5.98. The SMILES string of the molecule is CN1CCN(Cc2ccccc2C(=O)CN)CC1. The number of hydrogen-bond acceptors (Lipinski definition) is 4. The van der Waals surface area contributed by atoms with Gasteiger partial charge in [0.25, 0.3) is 0 Å². The third-order valence-corrected chi connectivity index (χ3v) is 3.49. The molecular formula is C14H21N3O. The van der Waals surface area contributed by atoms with Gasteiger partial charge in [0.15, 0.2) is 5.78 Å². The van der Waals surface area contributed by atoms with Crippen molar-refractivity contribution >= 4 is 5.78 Å². The maximum absolute atomic E-state index is 11.8. The van der Waals surface area contributed by atoms with Gasteiger partial charge in [0.1, 0.15) is 0 Å². The molecule has 2 N–H and O–H groups in total. The van der Waals surface area contributed by atoms with Crippen molar-refractivity contribution < 1.29 is 4.79 Å². The lowest BCUT2D eigenvalue weighted by molar-refractivity contribution is 0.0997. The Morgan fingerprint density at radius 3 is 2.56 bits per heavy atom. The van der Waals surface area contributed by atoms with Crippen molar-refractivity contribution in [2.24, 2.45) is 5.73 Å². The van der Waals surface area contributed by atoms with E-state index < -0.39 is 0 Å². The standard InChI is InChI=1S/C14H21N3O/c1-16-6-8-17(9-7-16)11-12-4-2-3-5-13(12)14(18)10-15/h2-5H,6-11,15H2,1H3. The number of Topliss-reactive ketones (excluding diaryl/α,β-unsaturated/α-hetero) is 1. The summed E-state index contributed by atoms with van der Waals surface area (Å²) < 4.78 is 0. The number of hydrogen-bond donors (Lipinski definition) is 1. The van der Waals surface area contributed by atoms with Gasteiger partial charge in [0, 0.05) is 38.3 Å². The van der Waals surface area contributed by atoms with Crippen LogP contribution in [0.25, 0.3) is 0 Å². The van der Waals surface area contributed by atoms with Crippen molar-refractivity contribution in [1.29, 1.82) is 0 Å². The fourth-order valence-electron chi connectivity index (χ4n) is 2.29. The van der Waals surface area contributed by atoms with Crippen LogP contribution in [0.5, 0.6) is 0 Å². The molecule has 0 amide bonds. The number of ketones is 1. The number of rotatable bonds is 4. The van der Waals surface area contributed by atoms with Crippen LogP contribution in [0.4, 0.5) is 0 Å². The molecule has 0 unspecified atom stereocenters. The van der Waals surface area contributed by atoms with Crippen molar-refractivity contribution in [3.63, 3.8) is 0 Å². The first-order chi connectivity index (χ1) is 8.70. The van der Waals surface area contributed by atoms with Crippen molar-refractivity contribution in [2.45, 2.75) is 6.54 Å². The van der Waals surface area contributed by atoms with E-state index in [-0.39, 0.29) is 12.3 Å². The smallest absolute Gasteiger partial charge is 0.176 e. The van der Waals surface area contributed by atoms with Crippen LogP contribution >= 0.6 is 0 Å². The monoisotopic (exact) mass is 247 g/mol. The summed E-state index contributed by atoms with van der Waals surface area (Å²) in [7, 11) is 2.14. The Bertz CT molecular complexity index is 411. The maximum Gasteiger partial charge on any atom is 0.176 e. The summed E-state index contributed by atoms with van der Waals surface area (Å²) in [5.41, 5.74) is 7.33. The highest BCUT2D eigenvalue weighted by Crippen LogP contribution is 2.13. The normalized spacial score (nSPS) is 17.9. The van der Waals surface area contributed by atoms with Crippen molar-refractivity contribution in [3.05, 3.63) is 35.4 Å². The maximum atomic E-state index is 11.8. The van der Waals surface area contributed by atoms with Gasteiger partial charge in [0.2, 0.25) is 0 Å². The zero-order valence-electron chi connectivity index (χ0n) is 10.9. The van der Waals surface area contributed by atoms with Crippen LogP contribution in [0.3, 0.4) is 0 Å². The summed E-state index contributed by atoms with van der Waals surface area (Å²) in [6, 6.07) is 7.79. The van der Waals surface area contributed by atoms with E-state index in [4.69, 9.17) is 5.73 Å². The number of benzene rings is 1. The molecule has 4 nitrogen and oxygen atoms in total. The molecular weight excluding hydrogens is 226 g/mol. The summed E-state index contributed by atoms with van der Waals surface area (Å²) in [6.45, 7) is 5.22. The lowest BCUT2D eigenvalue weighted by Gasteiger charge is -2.32. The zero-order valence-corrected chi connectivity index (χ0v) is 10.9. The minimum absolute atomic E-state index is 0.0275. The molecule has 0 aromatic heterocycles. The number of carbonyl (C=O) groups excluding carboxylic acids is 1. The fourth-order valence-corrected chi connectivity index (χ4v) is 2.29. The first-order valence-corrected chi connectivity index (χ1v) is 6.43. The Labute approximate surface area is 108 Å². The average Bonchev–Trinajstić information content (AvgIpc) is 2.41. The van der Waals surface area contributed by atoms with Gasteiger partial charge in [-0.2, -0.15) is 0 Å². The van der Waals surface area contributed by atoms with E-state index in [9.17, 15) is 4.79 Å². The number of likely N-dealkylation sites (N-methyl/N-ethyl adjacent to an activating group) is 1. The first-order valence-electron chi connectivity index (χ1n) is 6.43. The molecule has 18 heavy (non-hydrogen) atoms. The molecule has 0 radical (unpaired) electrons. The molecule has 1 aromatic rings. The molecule has 0 atom stereocenters. The first kappa shape index (κ1) is 13.2. The van der Waals surface area contributed by atoms with Gasteiger partial charge in [-0.3, -0.25) is 9.69 Å². The summed E-state index contributed by atoms with van der Waals surface area (Å²) in [5, 5.41) is 0. The van der Waals surface area contributed by atoms with Crippen LogP contribution in [0, 0.1) is 0 Å². The van der Waals surface area contributed by atoms with E-state index in [0.29, 0.717) is 0 Å². The molecule has 0 aliphatic carbocycles. The highest BCUT2D eigenvalue weighted by Gasteiger charge is 2.16. The molecule has 0 saturated carbocycles. The molecule has 1 aromatic carbocycles. The lowest BCUT2D eigenvalue weighted by atomic mass is 10.0. The van der Waals surface area contributed by atoms with Crippen LogP contribution in [0.2, 0.25) is 0 Å². The number of piperazine rings is 1. The van der Waals surface area contributed by atoms with Crippen molar-refractivity contribution in [2.75, 3.05) is 39.8 Å². The Hall–Kier alpha value is -1.23. The summed E-state index contributed by atoms with van der Waals surface area (Å²) in [4.78, 5) is 16.5. The molecule has 0 spiro atoms. The number of carbonyl (C=O) groups is 1. The van der Waals surface area contributed by atoms with Crippen LogP contribution in [0.15, 0.2) is 24.3 Å². The topological polar surface area (TPSA) is 49.6 Å². The molecule has 1 aliphatic heterocycles. The Morgan fingerprint density at radius 1 is 1.22 bits per heavy atom. The second-order valence-electron chi connectivity index (χ2n) is 4.86. The highest BCUT2D eigenvalue weighted by atomic mass is 16.1. The second-order valence-corrected chi connectivity index (χ2v) is 4.86. The van der Waals surface area contributed by atoms with Crippen LogP contribution in [-0.2, 0) is 6.54 Å². The predicted octanol–water partition coefficient (Wildman–Crippen LogP) is 0.575.